The fourth-order valence-corrected chi connectivity index (χ4v) is 3.44. The van der Waals surface area contributed by atoms with Crippen LogP contribution in [-0.4, -0.2) is 38.0 Å². The first-order valence-corrected chi connectivity index (χ1v) is 9.32. The summed E-state index contributed by atoms with van der Waals surface area (Å²) < 4.78 is 24.6. The summed E-state index contributed by atoms with van der Waals surface area (Å²) in [7, 11) is -3.26. The van der Waals surface area contributed by atoms with Crippen LogP contribution in [0.5, 0.6) is 0 Å². The van der Waals surface area contributed by atoms with Gasteiger partial charge in [-0.15, -0.1) is 0 Å². The summed E-state index contributed by atoms with van der Waals surface area (Å²) in [5.74, 6) is -0.167. The standard InChI is InChI=1S/C16H26N2O3S/c1-6-8-18(22(5,20)21)9-7-15(19)17-16-13(3)10-12(2)11-14(16)4/h10-11H,6-9H2,1-5H3,(H,17,19). The lowest BCUT2D eigenvalue weighted by Crippen LogP contribution is -2.33. The molecule has 1 aromatic carbocycles. The van der Waals surface area contributed by atoms with Crippen LogP contribution >= 0.6 is 0 Å². The van der Waals surface area contributed by atoms with Gasteiger partial charge in [0.05, 0.1) is 6.26 Å². The van der Waals surface area contributed by atoms with Gasteiger partial charge in [-0.05, 0) is 38.3 Å². The molecule has 22 heavy (non-hydrogen) atoms. The van der Waals surface area contributed by atoms with Gasteiger partial charge in [0.25, 0.3) is 0 Å². The van der Waals surface area contributed by atoms with E-state index in [4.69, 9.17) is 0 Å². The zero-order valence-electron chi connectivity index (χ0n) is 14.1. The van der Waals surface area contributed by atoms with Gasteiger partial charge in [-0.3, -0.25) is 4.79 Å². The first-order valence-electron chi connectivity index (χ1n) is 7.48. The summed E-state index contributed by atoms with van der Waals surface area (Å²) in [6.45, 7) is 8.49. The quantitative estimate of drug-likeness (QED) is 0.837. The van der Waals surface area contributed by atoms with Gasteiger partial charge in [0.2, 0.25) is 15.9 Å². The van der Waals surface area contributed by atoms with Crippen molar-refractivity contribution >= 4 is 21.6 Å². The Bertz CT molecular complexity index is 616. The van der Waals surface area contributed by atoms with Crippen LogP contribution in [0.15, 0.2) is 12.1 Å². The van der Waals surface area contributed by atoms with Crippen LogP contribution in [0.25, 0.3) is 0 Å². The van der Waals surface area contributed by atoms with Crippen LogP contribution in [0.2, 0.25) is 0 Å². The Kier molecular flexibility index (Phi) is 6.56. The highest BCUT2D eigenvalue weighted by Crippen LogP contribution is 2.22. The molecule has 6 heteroatoms. The van der Waals surface area contributed by atoms with E-state index in [0.717, 1.165) is 28.8 Å². The van der Waals surface area contributed by atoms with Crippen LogP contribution in [0.3, 0.4) is 0 Å². The molecule has 0 unspecified atom stereocenters. The normalized spacial score (nSPS) is 11.7. The van der Waals surface area contributed by atoms with Gasteiger partial charge < -0.3 is 5.32 Å². The molecule has 1 amide bonds. The molecule has 0 aliphatic carbocycles. The van der Waals surface area contributed by atoms with Crippen LogP contribution in [0, 0.1) is 20.8 Å². The van der Waals surface area contributed by atoms with Crippen LogP contribution in [-0.2, 0) is 14.8 Å². The molecule has 0 saturated carbocycles. The second-order valence-electron chi connectivity index (χ2n) is 5.73. The maximum absolute atomic E-state index is 12.1. The number of aryl methyl sites for hydroxylation is 3. The zero-order chi connectivity index (χ0) is 16.9. The number of anilines is 1. The zero-order valence-corrected chi connectivity index (χ0v) is 14.9. The first-order chi connectivity index (χ1) is 10.1. The average Bonchev–Trinajstić information content (AvgIpc) is 2.37. The number of benzene rings is 1. The summed E-state index contributed by atoms with van der Waals surface area (Å²) >= 11 is 0. The predicted molar refractivity (Wildman–Crippen MR) is 90.6 cm³/mol. The molecule has 0 radical (unpaired) electrons. The van der Waals surface area contributed by atoms with Gasteiger partial charge >= 0.3 is 0 Å². The number of carbonyl (C=O) groups excluding carboxylic acids is 1. The van der Waals surface area contributed by atoms with E-state index in [0.29, 0.717) is 6.54 Å². The van der Waals surface area contributed by atoms with Gasteiger partial charge in [0, 0.05) is 25.2 Å². The molecule has 0 aliphatic heterocycles. The van der Waals surface area contributed by atoms with Crippen molar-refractivity contribution in [3.63, 3.8) is 0 Å². The van der Waals surface area contributed by atoms with E-state index >= 15 is 0 Å². The Labute approximate surface area is 133 Å². The van der Waals surface area contributed by atoms with Crippen LogP contribution in [0.4, 0.5) is 5.69 Å². The molecule has 1 aromatic rings. The van der Waals surface area contributed by atoms with Crippen molar-refractivity contribution in [2.24, 2.45) is 0 Å². The summed E-state index contributed by atoms with van der Waals surface area (Å²) in [6.07, 6.45) is 2.06. The molecule has 0 saturated heterocycles. The molecule has 0 spiro atoms. The second-order valence-corrected chi connectivity index (χ2v) is 7.72. The molecular formula is C16H26N2O3S. The number of hydrogen-bond acceptors (Lipinski definition) is 3. The highest BCUT2D eigenvalue weighted by molar-refractivity contribution is 7.88. The highest BCUT2D eigenvalue weighted by Gasteiger charge is 2.17. The number of rotatable bonds is 7. The molecule has 0 aromatic heterocycles. The molecule has 124 valence electrons. The molecule has 0 heterocycles. The maximum atomic E-state index is 12.1. The lowest BCUT2D eigenvalue weighted by molar-refractivity contribution is -0.116. The topological polar surface area (TPSA) is 66.5 Å². The summed E-state index contributed by atoms with van der Waals surface area (Å²) in [5.41, 5.74) is 4.00. The number of nitrogens with zero attached hydrogens (tertiary/aromatic N) is 1. The molecule has 5 nitrogen and oxygen atoms in total. The van der Waals surface area contributed by atoms with E-state index in [9.17, 15) is 13.2 Å². The van der Waals surface area contributed by atoms with Crippen molar-refractivity contribution in [3.05, 3.63) is 28.8 Å². The number of carbonyl (C=O) groups is 1. The largest absolute Gasteiger partial charge is 0.326 e. The van der Waals surface area contributed by atoms with E-state index in [1.165, 1.54) is 10.6 Å². The summed E-state index contributed by atoms with van der Waals surface area (Å²) in [4.78, 5) is 12.1. The minimum Gasteiger partial charge on any atom is -0.326 e. The third-order valence-electron chi connectivity index (χ3n) is 3.47. The van der Waals surface area contributed by atoms with Crippen molar-refractivity contribution in [3.8, 4) is 0 Å². The number of sulfonamides is 1. The molecule has 1 N–H and O–H groups in total. The number of nitrogens with one attached hydrogen (secondary N) is 1. The summed E-state index contributed by atoms with van der Waals surface area (Å²) in [5, 5.41) is 2.89. The van der Waals surface area contributed by atoms with Gasteiger partial charge in [-0.2, -0.15) is 0 Å². The molecule has 0 aliphatic rings. The Hall–Kier alpha value is -1.40. The molecule has 0 atom stereocenters. The van der Waals surface area contributed by atoms with Crippen LogP contribution < -0.4 is 5.32 Å². The van der Waals surface area contributed by atoms with E-state index in [1.54, 1.807) is 0 Å². The van der Waals surface area contributed by atoms with E-state index in [2.05, 4.69) is 5.32 Å². The van der Waals surface area contributed by atoms with E-state index in [1.807, 2.05) is 39.8 Å². The Morgan fingerprint density at radius 3 is 2.14 bits per heavy atom. The predicted octanol–water partition coefficient (Wildman–Crippen LogP) is 2.61. The maximum Gasteiger partial charge on any atom is 0.225 e. The summed E-state index contributed by atoms with van der Waals surface area (Å²) in [6, 6.07) is 4.03. The molecule has 0 fully saturated rings. The smallest absolute Gasteiger partial charge is 0.225 e. The highest BCUT2D eigenvalue weighted by atomic mass is 32.2. The third kappa shape index (κ3) is 5.42. The average molecular weight is 326 g/mol. The fraction of sp³-hybridized carbons (Fsp3) is 0.562. The van der Waals surface area contributed by atoms with Crippen molar-refractivity contribution in [1.82, 2.24) is 4.31 Å². The SMILES string of the molecule is CCCN(CCC(=O)Nc1c(C)cc(C)cc1C)S(C)(=O)=O. The van der Waals surface area contributed by atoms with Crippen LogP contribution in [0.1, 0.15) is 36.5 Å². The molecule has 0 bridgehead atoms. The minimum absolute atomic E-state index is 0.153. The Morgan fingerprint density at radius 1 is 1.14 bits per heavy atom. The van der Waals surface area contributed by atoms with Gasteiger partial charge in [0.15, 0.2) is 0 Å². The molecular weight excluding hydrogens is 300 g/mol. The first kappa shape index (κ1) is 18.6. The Balaban J connectivity index is 2.71. The third-order valence-corrected chi connectivity index (χ3v) is 4.77. The van der Waals surface area contributed by atoms with Crippen molar-refractivity contribution < 1.29 is 13.2 Å². The fourth-order valence-electron chi connectivity index (χ4n) is 2.50. The number of hydrogen-bond donors (Lipinski definition) is 1. The molecule has 1 rings (SSSR count). The van der Waals surface area contributed by atoms with Crippen molar-refractivity contribution in [2.45, 2.75) is 40.5 Å². The lowest BCUT2D eigenvalue weighted by Gasteiger charge is -2.19. The monoisotopic (exact) mass is 326 g/mol. The van der Waals surface area contributed by atoms with Gasteiger partial charge in [-0.1, -0.05) is 24.6 Å². The lowest BCUT2D eigenvalue weighted by atomic mass is 10.1. The Morgan fingerprint density at radius 2 is 1.68 bits per heavy atom. The van der Waals surface area contributed by atoms with Gasteiger partial charge in [0.1, 0.15) is 0 Å². The van der Waals surface area contributed by atoms with Crippen molar-refractivity contribution in [2.75, 3.05) is 24.7 Å². The van der Waals surface area contributed by atoms with Crippen molar-refractivity contribution in [1.29, 1.82) is 0 Å². The van der Waals surface area contributed by atoms with E-state index < -0.39 is 10.0 Å². The van der Waals surface area contributed by atoms with Gasteiger partial charge in [-0.25, -0.2) is 12.7 Å². The second kappa shape index (κ2) is 7.74. The minimum atomic E-state index is -3.26. The number of amides is 1. The van der Waals surface area contributed by atoms with E-state index in [-0.39, 0.29) is 18.9 Å².